The molecule has 19 heavy (non-hydrogen) atoms. The first kappa shape index (κ1) is 13.9. The van der Waals surface area contributed by atoms with Crippen molar-refractivity contribution in [3.8, 4) is 0 Å². The molecule has 3 N–H and O–H groups in total. The molecule has 2 aromatic rings. The topological polar surface area (TPSA) is 50.9 Å². The first-order chi connectivity index (χ1) is 9.10. The maximum Gasteiger partial charge on any atom is 0.135 e. The van der Waals surface area contributed by atoms with Gasteiger partial charge in [0.25, 0.3) is 0 Å². The molecule has 0 amide bonds. The van der Waals surface area contributed by atoms with Gasteiger partial charge >= 0.3 is 0 Å². The van der Waals surface area contributed by atoms with Crippen molar-refractivity contribution in [2.75, 3.05) is 5.32 Å². The molecular formula is C13H14FN3S2. The molecule has 0 radical (unpaired) electrons. The van der Waals surface area contributed by atoms with Gasteiger partial charge in [-0.3, -0.25) is 0 Å². The lowest BCUT2D eigenvalue weighted by Crippen LogP contribution is -2.12. The van der Waals surface area contributed by atoms with E-state index in [1.54, 1.807) is 23.5 Å². The van der Waals surface area contributed by atoms with Crippen LogP contribution in [-0.4, -0.2) is 9.97 Å². The largest absolute Gasteiger partial charge is 0.389 e. The average molecular weight is 295 g/mol. The first-order valence-electron chi connectivity index (χ1n) is 5.87. The van der Waals surface area contributed by atoms with Gasteiger partial charge in [0.1, 0.15) is 15.8 Å². The molecule has 0 fully saturated rings. The Hall–Kier alpha value is -1.53. The summed E-state index contributed by atoms with van der Waals surface area (Å²) in [6.07, 6.45) is 2.85. The highest BCUT2D eigenvalue weighted by Gasteiger charge is 2.06. The number of nitrogens with two attached hydrogens (primary N) is 1. The van der Waals surface area contributed by atoms with Gasteiger partial charge in [-0.25, -0.2) is 9.37 Å². The van der Waals surface area contributed by atoms with Crippen molar-refractivity contribution in [1.82, 2.24) is 4.98 Å². The van der Waals surface area contributed by atoms with Crippen LogP contribution in [0.5, 0.6) is 0 Å². The van der Waals surface area contributed by atoms with Crippen molar-refractivity contribution in [2.45, 2.75) is 19.9 Å². The van der Waals surface area contributed by atoms with E-state index in [9.17, 15) is 4.39 Å². The summed E-state index contributed by atoms with van der Waals surface area (Å²) in [4.78, 5) is 5.60. The molecule has 0 spiro atoms. The molecule has 2 rings (SSSR count). The SMILES string of the molecule is CCc1cnc(CNc2ccc(C(N)=S)c(F)c2)s1. The first-order valence-corrected chi connectivity index (χ1v) is 7.09. The van der Waals surface area contributed by atoms with E-state index < -0.39 is 5.82 Å². The predicted molar refractivity (Wildman–Crippen MR) is 81.1 cm³/mol. The van der Waals surface area contributed by atoms with Crippen molar-refractivity contribution in [2.24, 2.45) is 5.73 Å². The molecule has 6 heteroatoms. The number of nitrogens with one attached hydrogen (secondary N) is 1. The lowest BCUT2D eigenvalue weighted by molar-refractivity contribution is 0.626. The number of rotatable bonds is 5. The summed E-state index contributed by atoms with van der Waals surface area (Å²) in [6.45, 7) is 2.67. The lowest BCUT2D eigenvalue weighted by Gasteiger charge is -2.06. The fraction of sp³-hybridized carbons (Fsp3) is 0.231. The molecule has 1 heterocycles. The fourth-order valence-electron chi connectivity index (χ4n) is 1.60. The lowest BCUT2D eigenvalue weighted by atomic mass is 10.2. The number of halogens is 1. The van der Waals surface area contributed by atoms with E-state index in [0.29, 0.717) is 12.2 Å². The highest BCUT2D eigenvalue weighted by molar-refractivity contribution is 7.80. The maximum atomic E-state index is 13.7. The average Bonchev–Trinajstić information content (AvgIpc) is 2.84. The Morgan fingerprint density at radius 1 is 1.53 bits per heavy atom. The van der Waals surface area contributed by atoms with E-state index in [0.717, 1.165) is 11.4 Å². The molecule has 0 unspecified atom stereocenters. The van der Waals surface area contributed by atoms with Crippen molar-refractivity contribution in [3.63, 3.8) is 0 Å². The number of aryl methyl sites for hydroxylation is 1. The molecule has 0 bridgehead atoms. The van der Waals surface area contributed by atoms with Crippen LogP contribution in [0.2, 0.25) is 0 Å². The van der Waals surface area contributed by atoms with E-state index in [2.05, 4.69) is 17.2 Å². The second-order valence-electron chi connectivity index (χ2n) is 3.99. The molecule has 3 nitrogen and oxygen atoms in total. The second kappa shape index (κ2) is 6.08. The number of nitrogens with zero attached hydrogens (tertiary/aromatic N) is 1. The monoisotopic (exact) mass is 295 g/mol. The Balaban J connectivity index is 2.03. The van der Waals surface area contributed by atoms with E-state index in [4.69, 9.17) is 18.0 Å². The maximum absolute atomic E-state index is 13.7. The molecular weight excluding hydrogens is 281 g/mol. The molecule has 0 aliphatic heterocycles. The van der Waals surface area contributed by atoms with Gasteiger partial charge in [-0.2, -0.15) is 0 Å². The highest BCUT2D eigenvalue weighted by atomic mass is 32.1. The van der Waals surface area contributed by atoms with Gasteiger partial charge in [0.05, 0.1) is 6.54 Å². The third kappa shape index (κ3) is 3.48. The van der Waals surface area contributed by atoms with Crippen LogP contribution in [0.25, 0.3) is 0 Å². The third-order valence-corrected chi connectivity index (χ3v) is 3.99. The molecule has 0 aliphatic rings. The van der Waals surface area contributed by atoms with Crippen LogP contribution in [0, 0.1) is 5.82 Å². The number of benzene rings is 1. The number of aromatic nitrogens is 1. The zero-order valence-electron chi connectivity index (χ0n) is 10.4. The van der Waals surface area contributed by atoms with Crippen LogP contribution in [0.3, 0.4) is 0 Å². The Labute approximate surface area is 120 Å². The fourth-order valence-corrected chi connectivity index (χ4v) is 2.56. The Morgan fingerprint density at radius 3 is 2.89 bits per heavy atom. The van der Waals surface area contributed by atoms with Crippen LogP contribution >= 0.6 is 23.6 Å². The zero-order valence-corrected chi connectivity index (χ0v) is 12.1. The molecule has 1 aromatic carbocycles. The minimum atomic E-state index is -0.411. The van der Waals surface area contributed by atoms with Crippen LogP contribution in [0.15, 0.2) is 24.4 Å². The minimum absolute atomic E-state index is 0.0663. The Kier molecular flexibility index (Phi) is 4.44. The van der Waals surface area contributed by atoms with Gasteiger partial charge in [0.15, 0.2) is 0 Å². The van der Waals surface area contributed by atoms with Crippen LogP contribution < -0.4 is 11.1 Å². The summed E-state index contributed by atoms with van der Waals surface area (Å²) in [5, 5.41) is 4.11. The Morgan fingerprint density at radius 2 is 2.32 bits per heavy atom. The number of thiazole rings is 1. The van der Waals surface area contributed by atoms with Crippen molar-refractivity contribution < 1.29 is 4.39 Å². The van der Waals surface area contributed by atoms with Gasteiger partial charge in [0, 0.05) is 22.3 Å². The zero-order chi connectivity index (χ0) is 13.8. The van der Waals surface area contributed by atoms with Gasteiger partial charge < -0.3 is 11.1 Å². The summed E-state index contributed by atoms with van der Waals surface area (Å²) in [6, 6.07) is 4.73. The second-order valence-corrected chi connectivity index (χ2v) is 5.63. The number of thiocarbonyl (C=S) groups is 1. The quantitative estimate of drug-likeness (QED) is 0.832. The van der Waals surface area contributed by atoms with Gasteiger partial charge in [-0.1, -0.05) is 19.1 Å². The summed E-state index contributed by atoms with van der Waals surface area (Å²) in [5.41, 5.74) is 6.36. The van der Waals surface area contributed by atoms with Gasteiger partial charge in [0.2, 0.25) is 0 Å². The molecule has 0 atom stereocenters. The molecule has 0 saturated heterocycles. The van der Waals surface area contributed by atoms with Crippen molar-refractivity contribution in [3.05, 3.63) is 45.7 Å². The van der Waals surface area contributed by atoms with Crippen LogP contribution in [0.1, 0.15) is 22.4 Å². The smallest absolute Gasteiger partial charge is 0.135 e. The third-order valence-electron chi connectivity index (χ3n) is 2.63. The van der Waals surface area contributed by atoms with Crippen molar-refractivity contribution >= 4 is 34.2 Å². The normalized spacial score (nSPS) is 10.4. The molecule has 100 valence electrons. The summed E-state index contributed by atoms with van der Waals surface area (Å²) in [7, 11) is 0. The molecule has 0 aliphatic carbocycles. The Bertz CT molecular complexity index is 595. The predicted octanol–water partition coefficient (Wildman–Crippen LogP) is 3.09. The summed E-state index contributed by atoms with van der Waals surface area (Å²) < 4.78 is 13.7. The van der Waals surface area contributed by atoms with Gasteiger partial charge in [-0.05, 0) is 24.6 Å². The molecule has 0 saturated carbocycles. The number of hydrogen-bond donors (Lipinski definition) is 2. The van der Waals surface area contributed by atoms with Crippen molar-refractivity contribution in [1.29, 1.82) is 0 Å². The number of hydrogen-bond acceptors (Lipinski definition) is 4. The summed E-state index contributed by atoms with van der Waals surface area (Å²) in [5.74, 6) is -0.411. The highest BCUT2D eigenvalue weighted by Crippen LogP contribution is 2.18. The van der Waals surface area contributed by atoms with E-state index in [1.807, 2.05) is 6.20 Å². The van der Waals surface area contributed by atoms with E-state index in [1.165, 1.54) is 10.9 Å². The minimum Gasteiger partial charge on any atom is -0.389 e. The van der Waals surface area contributed by atoms with E-state index >= 15 is 0 Å². The standard InChI is InChI=1S/C13H14FN3S2/c1-2-9-6-17-12(19-9)7-16-8-3-4-10(13(15)18)11(14)5-8/h3-6,16H,2,7H2,1H3,(H2,15,18). The van der Waals surface area contributed by atoms with Crippen LogP contribution in [-0.2, 0) is 13.0 Å². The number of anilines is 1. The van der Waals surface area contributed by atoms with Gasteiger partial charge in [-0.15, -0.1) is 11.3 Å². The van der Waals surface area contributed by atoms with Crippen LogP contribution in [0.4, 0.5) is 10.1 Å². The van der Waals surface area contributed by atoms with E-state index in [-0.39, 0.29) is 10.6 Å². The molecule has 1 aromatic heterocycles. The summed E-state index contributed by atoms with van der Waals surface area (Å²) >= 11 is 6.42.